The number of esters is 2. The van der Waals surface area contributed by atoms with Gasteiger partial charge in [0.1, 0.15) is 0 Å². The van der Waals surface area contributed by atoms with Crippen LogP contribution in [0, 0.1) is 10.8 Å². The van der Waals surface area contributed by atoms with E-state index in [9.17, 15) is 19.8 Å². The fourth-order valence-electron chi connectivity index (χ4n) is 2.41. The summed E-state index contributed by atoms with van der Waals surface area (Å²) in [7, 11) is 0. The molecule has 1 rings (SSSR count). The maximum atomic E-state index is 11.9. The lowest BCUT2D eigenvalue weighted by atomic mass is 9.53. The van der Waals surface area contributed by atoms with Crippen molar-refractivity contribution in [2.45, 2.75) is 26.7 Å². The van der Waals surface area contributed by atoms with E-state index in [0.717, 1.165) is 0 Å². The first-order valence-corrected chi connectivity index (χ1v) is 6.06. The van der Waals surface area contributed by atoms with Crippen LogP contribution in [-0.2, 0) is 19.1 Å². The Morgan fingerprint density at radius 1 is 1.00 bits per heavy atom. The zero-order valence-corrected chi connectivity index (χ0v) is 10.8. The van der Waals surface area contributed by atoms with Gasteiger partial charge in [0.2, 0.25) is 0 Å². The molecule has 0 bridgehead atoms. The fourth-order valence-corrected chi connectivity index (χ4v) is 2.41. The van der Waals surface area contributed by atoms with Crippen molar-refractivity contribution in [3.8, 4) is 0 Å². The van der Waals surface area contributed by atoms with Gasteiger partial charge in [0.25, 0.3) is 0 Å². The van der Waals surface area contributed by atoms with Crippen LogP contribution in [0.3, 0.4) is 0 Å². The monoisotopic (exact) mass is 260 g/mol. The number of carbonyl (C=O) groups excluding carboxylic acids is 2. The van der Waals surface area contributed by atoms with Crippen LogP contribution in [0.2, 0.25) is 0 Å². The van der Waals surface area contributed by atoms with Gasteiger partial charge < -0.3 is 19.7 Å². The van der Waals surface area contributed by atoms with Crippen molar-refractivity contribution < 1.29 is 29.3 Å². The van der Waals surface area contributed by atoms with Gasteiger partial charge >= 0.3 is 11.9 Å². The lowest BCUT2D eigenvalue weighted by molar-refractivity contribution is -0.197. The molecule has 1 fully saturated rings. The average molecular weight is 260 g/mol. The van der Waals surface area contributed by atoms with Crippen LogP contribution in [0.4, 0.5) is 0 Å². The van der Waals surface area contributed by atoms with Gasteiger partial charge in [-0.05, 0) is 26.7 Å². The summed E-state index contributed by atoms with van der Waals surface area (Å²) in [6, 6.07) is 0. The summed E-state index contributed by atoms with van der Waals surface area (Å²) in [5.41, 5.74) is -2.16. The van der Waals surface area contributed by atoms with E-state index in [4.69, 9.17) is 9.47 Å². The van der Waals surface area contributed by atoms with E-state index in [-0.39, 0.29) is 39.3 Å². The maximum absolute atomic E-state index is 11.9. The molecule has 0 aromatic carbocycles. The molecular weight excluding hydrogens is 240 g/mol. The van der Waals surface area contributed by atoms with Crippen LogP contribution < -0.4 is 0 Å². The number of hydrogen-bond acceptors (Lipinski definition) is 6. The fraction of sp³-hybridized carbons (Fsp3) is 0.833. The first-order chi connectivity index (χ1) is 8.50. The van der Waals surface area contributed by atoms with Crippen LogP contribution in [0.25, 0.3) is 0 Å². The second-order valence-corrected chi connectivity index (χ2v) is 4.69. The maximum Gasteiger partial charge on any atom is 0.323 e. The molecular formula is C12H20O6. The van der Waals surface area contributed by atoms with Gasteiger partial charge in [-0.3, -0.25) is 9.59 Å². The lowest BCUT2D eigenvalue weighted by Gasteiger charge is -2.50. The quantitative estimate of drug-likeness (QED) is 0.510. The van der Waals surface area contributed by atoms with E-state index in [1.165, 1.54) is 0 Å². The van der Waals surface area contributed by atoms with Gasteiger partial charge in [-0.15, -0.1) is 0 Å². The minimum Gasteiger partial charge on any atom is -0.465 e. The standard InChI is InChI=1S/C12H20O6/c1-3-17-9(15)12(10(16)18-4-2)5-11(6-12,7-13)8-14/h13-14H,3-8H2,1-2H3. The van der Waals surface area contributed by atoms with E-state index in [0.29, 0.717) is 0 Å². The van der Waals surface area contributed by atoms with Crippen LogP contribution >= 0.6 is 0 Å². The molecule has 1 aliphatic carbocycles. The highest BCUT2D eigenvalue weighted by Gasteiger charge is 2.64. The van der Waals surface area contributed by atoms with Gasteiger partial charge in [-0.25, -0.2) is 0 Å². The van der Waals surface area contributed by atoms with Crippen molar-refractivity contribution in [1.29, 1.82) is 0 Å². The molecule has 0 unspecified atom stereocenters. The molecule has 0 heterocycles. The van der Waals surface area contributed by atoms with Gasteiger partial charge in [0, 0.05) is 5.41 Å². The third-order valence-corrected chi connectivity index (χ3v) is 3.36. The summed E-state index contributed by atoms with van der Waals surface area (Å²) in [4.78, 5) is 23.8. The number of ether oxygens (including phenoxy) is 2. The number of aliphatic hydroxyl groups is 2. The van der Waals surface area contributed by atoms with Gasteiger partial charge in [-0.2, -0.15) is 0 Å². The smallest absolute Gasteiger partial charge is 0.323 e. The summed E-state index contributed by atoms with van der Waals surface area (Å²) in [6.45, 7) is 3.10. The van der Waals surface area contributed by atoms with Crippen molar-refractivity contribution in [1.82, 2.24) is 0 Å². The number of carbonyl (C=O) groups is 2. The third-order valence-electron chi connectivity index (χ3n) is 3.36. The molecule has 0 spiro atoms. The normalized spacial score (nSPS) is 19.8. The van der Waals surface area contributed by atoms with E-state index in [1.54, 1.807) is 13.8 Å². The van der Waals surface area contributed by atoms with Crippen molar-refractivity contribution in [2.75, 3.05) is 26.4 Å². The Hall–Kier alpha value is -1.14. The Morgan fingerprint density at radius 3 is 1.67 bits per heavy atom. The van der Waals surface area contributed by atoms with Crippen LogP contribution in [0.1, 0.15) is 26.7 Å². The predicted octanol–water partition coefficient (Wildman–Crippen LogP) is -0.136. The molecule has 1 saturated carbocycles. The lowest BCUT2D eigenvalue weighted by Crippen LogP contribution is -2.59. The molecule has 18 heavy (non-hydrogen) atoms. The first-order valence-electron chi connectivity index (χ1n) is 6.06. The van der Waals surface area contributed by atoms with Gasteiger partial charge in [0.15, 0.2) is 5.41 Å². The summed E-state index contributed by atoms with van der Waals surface area (Å²) < 4.78 is 9.79. The topological polar surface area (TPSA) is 93.1 Å². The molecule has 0 atom stereocenters. The summed E-state index contributed by atoms with van der Waals surface area (Å²) in [5.74, 6) is -1.28. The number of rotatable bonds is 6. The summed E-state index contributed by atoms with van der Waals surface area (Å²) >= 11 is 0. The summed E-state index contributed by atoms with van der Waals surface area (Å²) in [6.07, 6.45) is 0.120. The minimum absolute atomic E-state index is 0.0602. The highest BCUT2D eigenvalue weighted by molar-refractivity contribution is 6.01. The Balaban J connectivity index is 2.87. The van der Waals surface area contributed by atoms with Crippen LogP contribution in [0.15, 0.2) is 0 Å². The largest absolute Gasteiger partial charge is 0.465 e. The summed E-state index contributed by atoms with van der Waals surface area (Å²) in [5, 5.41) is 18.5. The molecule has 104 valence electrons. The minimum atomic E-state index is -1.36. The molecule has 0 aromatic heterocycles. The number of aliphatic hydroxyl groups excluding tert-OH is 2. The first kappa shape index (κ1) is 14.9. The second-order valence-electron chi connectivity index (χ2n) is 4.69. The van der Waals surface area contributed by atoms with Crippen molar-refractivity contribution in [3.05, 3.63) is 0 Å². The molecule has 0 radical (unpaired) electrons. The molecule has 6 nitrogen and oxygen atoms in total. The van der Waals surface area contributed by atoms with Gasteiger partial charge in [0.05, 0.1) is 26.4 Å². The molecule has 0 amide bonds. The van der Waals surface area contributed by atoms with Crippen molar-refractivity contribution in [2.24, 2.45) is 10.8 Å². The van der Waals surface area contributed by atoms with E-state index >= 15 is 0 Å². The molecule has 2 N–H and O–H groups in total. The number of hydrogen-bond donors (Lipinski definition) is 2. The Labute approximate surface area is 106 Å². The van der Waals surface area contributed by atoms with E-state index in [2.05, 4.69) is 0 Å². The zero-order valence-electron chi connectivity index (χ0n) is 10.8. The Morgan fingerprint density at radius 2 is 1.39 bits per heavy atom. The van der Waals surface area contributed by atoms with Gasteiger partial charge in [-0.1, -0.05) is 0 Å². The second kappa shape index (κ2) is 5.67. The average Bonchev–Trinajstić information content (AvgIpc) is 2.30. The zero-order chi connectivity index (χ0) is 13.8. The predicted molar refractivity (Wildman–Crippen MR) is 61.5 cm³/mol. The highest BCUT2D eigenvalue weighted by Crippen LogP contribution is 2.55. The molecule has 1 aliphatic rings. The molecule has 0 aromatic rings. The van der Waals surface area contributed by atoms with Crippen molar-refractivity contribution in [3.63, 3.8) is 0 Å². The van der Waals surface area contributed by atoms with E-state index < -0.39 is 22.8 Å². The highest BCUT2D eigenvalue weighted by atomic mass is 16.6. The Kier molecular flexibility index (Phi) is 4.70. The Bertz CT molecular complexity index is 293. The van der Waals surface area contributed by atoms with E-state index in [1.807, 2.05) is 0 Å². The van der Waals surface area contributed by atoms with Crippen LogP contribution in [-0.4, -0.2) is 48.6 Å². The van der Waals surface area contributed by atoms with Crippen LogP contribution in [0.5, 0.6) is 0 Å². The SMILES string of the molecule is CCOC(=O)C1(C(=O)OCC)CC(CO)(CO)C1. The molecule has 6 heteroatoms. The third kappa shape index (κ3) is 2.35. The van der Waals surface area contributed by atoms with Crippen molar-refractivity contribution >= 4 is 11.9 Å². The molecule has 0 saturated heterocycles. The molecule has 0 aliphatic heterocycles.